The normalized spacial score (nSPS) is 18.1. The number of nitrogens with one attached hydrogen (secondary N) is 1. The number of thiazole rings is 1. The average molecular weight is 440 g/mol. The molecule has 31 heavy (non-hydrogen) atoms. The van der Waals surface area contributed by atoms with Crippen LogP contribution in [0.2, 0.25) is 0 Å². The molecule has 3 aromatic rings. The number of aromatic nitrogens is 1. The molecule has 3 N–H and O–H groups in total. The molecule has 1 aromatic heterocycles. The molecule has 0 amide bonds. The van der Waals surface area contributed by atoms with E-state index in [-0.39, 0.29) is 18.1 Å². The molecule has 0 spiro atoms. The lowest BCUT2D eigenvalue weighted by molar-refractivity contribution is -0.142. The summed E-state index contributed by atoms with van der Waals surface area (Å²) in [6, 6.07) is 11.6. The minimum atomic E-state index is -0.915. The first-order valence-electron chi connectivity index (χ1n) is 9.95. The second-order valence-corrected chi connectivity index (χ2v) is 8.40. The Hall–Kier alpha value is -3.10. The van der Waals surface area contributed by atoms with E-state index in [9.17, 15) is 19.1 Å². The van der Waals surface area contributed by atoms with Gasteiger partial charge < -0.3 is 15.5 Å². The number of carbonyl (C=O) groups is 2. The van der Waals surface area contributed by atoms with Crippen molar-refractivity contribution in [2.24, 2.45) is 11.8 Å². The van der Waals surface area contributed by atoms with Gasteiger partial charge in [0.05, 0.1) is 23.9 Å². The summed E-state index contributed by atoms with van der Waals surface area (Å²) < 4.78 is 14.6. The van der Waals surface area contributed by atoms with Crippen molar-refractivity contribution in [2.75, 3.05) is 5.32 Å². The van der Waals surface area contributed by atoms with Crippen molar-refractivity contribution in [3.8, 4) is 11.1 Å². The fourth-order valence-corrected chi connectivity index (χ4v) is 4.67. The summed E-state index contributed by atoms with van der Waals surface area (Å²) in [7, 11) is 0. The smallest absolute Gasteiger partial charge is 0.307 e. The fourth-order valence-electron chi connectivity index (χ4n) is 3.96. The summed E-state index contributed by atoms with van der Waals surface area (Å²) in [6.07, 6.45) is 1.87. The van der Waals surface area contributed by atoms with Gasteiger partial charge in [0.15, 0.2) is 10.9 Å². The number of halogens is 1. The molecule has 1 aliphatic carbocycles. The molecular formula is C23H21FN2O4S. The number of hydrogen-bond acceptors (Lipinski definition) is 6. The lowest BCUT2D eigenvalue weighted by Crippen LogP contribution is -2.25. The molecule has 0 saturated heterocycles. The molecule has 0 radical (unpaired) electrons. The van der Waals surface area contributed by atoms with Crippen LogP contribution in [-0.2, 0) is 11.4 Å². The standard InChI is InChI=1S/C23H21FN2O4S/c24-19-10-15(8-9-20(19)26-23-25-16(11-27)12-31-23)13-4-6-14(7-5-13)21(28)17-2-1-3-18(17)22(29)30/h4-10,12,17-18,27H,1-3,11H2,(H,25,26)(H,29,30). The molecule has 2 aromatic carbocycles. The van der Waals surface area contributed by atoms with Crippen LogP contribution in [0.3, 0.4) is 0 Å². The van der Waals surface area contributed by atoms with Crippen LogP contribution in [0.25, 0.3) is 11.1 Å². The Morgan fingerprint density at radius 3 is 2.45 bits per heavy atom. The lowest BCUT2D eigenvalue weighted by Gasteiger charge is -2.15. The summed E-state index contributed by atoms with van der Waals surface area (Å²) in [5, 5.41) is 23.5. The third kappa shape index (κ3) is 4.50. The Balaban J connectivity index is 1.49. The molecule has 160 valence electrons. The minimum absolute atomic E-state index is 0.145. The van der Waals surface area contributed by atoms with E-state index in [1.54, 1.807) is 41.8 Å². The van der Waals surface area contributed by atoms with E-state index < -0.39 is 23.6 Å². The first kappa shape index (κ1) is 21.1. The number of nitrogens with zero attached hydrogens (tertiary/aromatic N) is 1. The fraction of sp³-hybridized carbons (Fsp3) is 0.261. The van der Waals surface area contributed by atoms with Crippen molar-refractivity contribution in [3.63, 3.8) is 0 Å². The second-order valence-electron chi connectivity index (χ2n) is 7.55. The molecule has 8 heteroatoms. The molecule has 6 nitrogen and oxygen atoms in total. The van der Waals surface area contributed by atoms with Gasteiger partial charge in [-0.15, -0.1) is 11.3 Å². The zero-order valence-electron chi connectivity index (χ0n) is 16.5. The zero-order valence-corrected chi connectivity index (χ0v) is 17.4. The molecule has 1 saturated carbocycles. The van der Waals surface area contributed by atoms with Gasteiger partial charge in [0, 0.05) is 16.9 Å². The number of carbonyl (C=O) groups excluding carboxylic acids is 1. The number of benzene rings is 2. The predicted molar refractivity (Wildman–Crippen MR) is 116 cm³/mol. The minimum Gasteiger partial charge on any atom is -0.481 e. The third-order valence-corrected chi connectivity index (χ3v) is 6.40. The van der Waals surface area contributed by atoms with Crippen molar-refractivity contribution in [1.82, 2.24) is 4.98 Å². The number of aliphatic carboxylic acids is 1. The molecular weight excluding hydrogens is 419 g/mol. The average Bonchev–Trinajstić information content (AvgIpc) is 3.44. The summed E-state index contributed by atoms with van der Waals surface area (Å²) in [6.45, 7) is -0.171. The molecule has 0 aliphatic heterocycles. The Labute approximate surface area is 182 Å². The number of rotatable bonds is 7. The molecule has 1 aliphatic rings. The number of ketones is 1. The Morgan fingerprint density at radius 2 is 1.81 bits per heavy atom. The van der Waals surface area contributed by atoms with E-state index in [4.69, 9.17) is 5.11 Å². The van der Waals surface area contributed by atoms with Crippen LogP contribution in [0.5, 0.6) is 0 Å². The van der Waals surface area contributed by atoms with Gasteiger partial charge in [0.2, 0.25) is 0 Å². The first-order valence-corrected chi connectivity index (χ1v) is 10.8. The van der Waals surface area contributed by atoms with E-state index in [1.807, 2.05) is 0 Å². The number of anilines is 2. The van der Waals surface area contributed by atoms with Crippen LogP contribution < -0.4 is 5.32 Å². The highest BCUT2D eigenvalue weighted by molar-refractivity contribution is 7.13. The van der Waals surface area contributed by atoms with Gasteiger partial charge in [-0.25, -0.2) is 9.37 Å². The predicted octanol–water partition coefficient (Wildman–Crippen LogP) is 4.87. The van der Waals surface area contributed by atoms with Crippen LogP contribution in [0.15, 0.2) is 47.8 Å². The number of aliphatic hydroxyl groups is 1. The highest BCUT2D eigenvalue weighted by atomic mass is 32.1. The van der Waals surface area contributed by atoms with Gasteiger partial charge in [-0.05, 0) is 36.1 Å². The molecule has 2 atom stereocenters. The molecule has 1 fully saturated rings. The van der Waals surface area contributed by atoms with Crippen LogP contribution in [0.4, 0.5) is 15.2 Å². The van der Waals surface area contributed by atoms with Crippen molar-refractivity contribution in [2.45, 2.75) is 25.9 Å². The van der Waals surface area contributed by atoms with Crippen LogP contribution in [0, 0.1) is 17.7 Å². The summed E-state index contributed by atoms with van der Waals surface area (Å²) in [5.74, 6) is -2.61. The number of carboxylic acids is 1. The highest BCUT2D eigenvalue weighted by Crippen LogP contribution is 2.35. The first-order chi connectivity index (χ1) is 15.0. The third-order valence-electron chi connectivity index (χ3n) is 5.60. The Morgan fingerprint density at radius 1 is 1.10 bits per heavy atom. The molecule has 2 unspecified atom stereocenters. The number of Topliss-reactive ketones (excluding diaryl/α,β-unsaturated/α-hetero) is 1. The van der Waals surface area contributed by atoms with Gasteiger partial charge in [-0.3, -0.25) is 9.59 Å². The van der Waals surface area contributed by atoms with E-state index in [0.29, 0.717) is 34.8 Å². The molecule has 1 heterocycles. The highest BCUT2D eigenvalue weighted by Gasteiger charge is 2.37. The van der Waals surface area contributed by atoms with Gasteiger partial charge >= 0.3 is 5.97 Å². The topological polar surface area (TPSA) is 99.5 Å². The summed E-state index contributed by atoms with van der Waals surface area (Å²) >= 11 is 1.28. The Bertz CT molecular complexity index is 1110. The van der Waals surface area contributed by atoms with Crippen LogP contribution in [-0.4, -0.2) is 26.9 Å². The van der Waals surface area contributed by atoms with Crippen molar-refractivity contribution in [3.05, 3.63) is 64.9 Å². The molecule has 0 bridgehead atoms. The van der Waals surface area contributed by atoms with E-state index in [2.05, 4.69) is 10.3 Å². The number of aliphatic hydroxyl groups excluding tert-OH is 1. The SMILES string of the molecule is O=C(O)C1CCCC1C(=O)c1ccc(-c2ccc(Nc3nc(CO)cs3)c(F)c2)cc1. The quantitative estimate of drug-likeness (QED) is 0.454. The summed E-state index contributed by atoms with van der Waals surface area (Å²) in [4.78, 5) is 28.3. The van der Waals surface area contributed by atoms with Crippen LogP contribution >= 0.6 is 11.3 Å². The van der Waals surface area contributed by atoms with Gasteiger partial charge in [0.1, 0.15) is 5.82 Å². The van der Waals surface area contributed by atoms with Crippen molar-refractivity contribution >= 4 is 33.9 Å². The monoisotopic (exact) mass is 440 g/mol. The largest absolute Gasteiger partial charge is 0.481 e. The maximum atomic E-state index is 14.6. The number of hydrogen-bond donors (Lipinski definition) is 3. The van der Waals surface area contributed by atoms with E-state index in [0.717, 1.165) is 12.0 Å². The zero-order chi connectivity index (χ0) is 22.0. The van der Waals surface area contributed by atoms with Crippen molar-refractivity contribution in [1.29, 1.82) is 0 Å². The van der Waals surface area contributed by atoms with Gasteiger partial charge in [-0.2, -0.15) is 0 Å². The van der Waals surface area contributed by atoms with Crippen LogP contribution in [0.1, 0.15) is 35.3 Å². The van der Waals surface area contributed by atoms with Gasteiger partial charge in [0.25, 0.3) is 0 Å². The van der Waals surface area contributed by atoms with Crippen molar-refractivity contribution < 1.29 is 24.2 Å². The number of carboxylic acid groups (broad SMARTS) is 1. The maximum absolute atomic E-state index is 14.6. The lowest BCUT2D eigenvalue weighted by atomic mass is 9.88. The Kier molecular flexibility index (Phi) is 6.11. The second kappa shape index (κ2) is 8.95. The molecule has 4 rings (SSSR count). The van der Waals surface area contributed by atoms with E-state index >= 15 is 0 Å². The van der Waals surface area contributed by atoms with E-state index in [1.165, 1.54) is 17.4 Å². The summed E-state index contributed by atoms with van der Waals surface area (Å²) in [5.41, 5.74) is 2.67. The maximum Gasteiger partial charge on any atom is 0.307 e. The van der Waals surface area contributed by atoms with Gasteiger partial charge in [-0.1, -0.05) is 36.8 Å².